The van der Waals surface area contributed by atoms with Crippen molar-refractivity contribution in [3.05, 3.63) is 47.5 Å². The molecule has 1 aromatic carbocycles. The van der Waals surface area contributed by atoms with E-state index in [1.165, 1.54) is 11.3 Å². The summed E-state index contributed by atoms with van der Waals surface area (Å²) < 4.78 is 5.53. The van der Waals surface area contributed by atoms with Crippen LogP contribution in [0.1, 0.15) is 57.0 Å². The van der Waals surface area contributed by atoms with Crippen molar-refractivity contribution >= 4 is 40.3 Å². The summed E-state index contributed by atoms with van der Waals surface area (Å²) in [5.41, 5.74) is 12.1. The van der Waals surface area contributed by atoms with Gasteiger partial charge in [0.05, 0.1) is 5.56 Å². The Morgan fingerprint density at radius 2 is 1.76 bits per heavy atom. The lowest BCUT2D eigenvalue weighted by Crippen LogP contribution is -2.42. The highest BCUT2D eigenvalue weighted by atomic mass is 32.1. The van der Waals surface area contributed by atoms with Crippen molar-refractivity contribution in [2.45, 2.75) is 52.7 Å². The molecule has 8 nitrogen and oxygen atoms in total. The largest absolute Gasteiger partial charge is 0.459 e. The molecule has 1 atom stereocenters. The van der Waals surface area contributed by atoms with Gasteiger partial charge in [0.1, 0.15) is 16.6 Å². The molecule has 1 heterocycles. The molecule has 184 valence electrons. The number of anilines is 1. The lowest BCUT2D eigenvalue weighted by molar-refractivity contribution is -0.157. The van der Waals surface area contributed by atoms with Crippen LogP contribution >= 0.6 is 11.3 Å². The van der Waals surface area contributed by atoms with Gasteiger partial charge in [0.2, 0.25) is 0 Å². The van der Waals surface area contributed by atoms with E-state index in [4.69, 9.17) is 16.2 Å². The van der Waals surface area contributed by atoms with Crippen LogP contribution in [0.5, 0.6) is 0 Å². The first-order valence-corrected chi connectivity index (χ1v) is 11.9. The minimum Gasteiger partial charge on any atom is -0.459 e. The van der Waals surface area contributed by atoms with E-state index in [2.05, 4.69) is 24.5 Å². The number of thiophene rings is 1. The van der Waals surface area contributed by atoms with Gasteiger partial charge in [0.15, 0.2) is 0 Å². The van der Waals surface area contributed by atoms with Crippen molar-refractivity contribution < 1.29 is 19.1 Å². The summed E-state index contributed by atoms with van der Waals surface area (Å²) >= 11 is 1.23. The molecule has 0 saturated heterocycles. The van der Waals surface area contributed by atoms with Crippen molar-refractivity contribution in [3.8, 4) is 10.4 Å². The molecule has 0 aliphatic carbocycles. The maximum atomic E-state index is 12.5. The molecular weight excluding hydrogens is 452 g/mol. The third kappa shape index (κ3) is 8.64. The Labute approximate surface area is 204 Å². The van der Waals surface area contributed by atoms with Gasteiger partial charge in [-0.3, -0.25) is 14.9 Å². The fourth-order valence-electron chi connectivity index (χ4n) is 3.19. The molecule has 0 aliphatic rings. The number of nitrogens with two attached hydrogens (primary N) is 2. The molecular formula is C25H34N4O4S. The summed E-state index contributed by atoms with van der Waals surface area (Å²) in [7, 11) is 0. The predicted octanol–water partition coefficient (Wildman–Crippen LogP) is 4.36. The number of hydrogen-bond acceptors (Lipinski definition) is 6. The zero-order valence-electron chi connectivity index (χ0n) is 20.3. The quantitative estimate of drug-likeness (QED) is 0.370. The number of urea groups is 1. The number of hydrogen-bond donors (Lipinski definition) is 4. The molecule has 3 amide bonds. The molecule has 0 spiro atoms. The van der Waals surface area contributed by atoms with Crippen molar-refractivity contribution in [1.82, 2.24) is 5.32 Å². The predicted molar refractivity (Wildman–Crippen MR) is 138 cm³/mol. The number of benzene rings is 1. The Bertz CT molecular complexity index is 1040. The highest BCUT2D eigenvalue weighted by Crippen LogP contribution is 2.35. The number of carbonyl (C=O) groups excluding carboxylic acids is 3. The number of rotatable bonds is 10. The van der Waals surface area contributed by atoms with E-state index in [1.807, 2.05) is 57.2 Å². The molecule has 2 rings (SSSR count). The Balaban J connectivity index is 2.04. The van der Waals surface area contributed by atoms with E-state index in [1.54, 1.807) is 6.07 Å². The lowest BCUT2D eigenvalue weighted by Gasteiger charge is -2.25. The fourth-order valence-corrected chi connectivity index (χ4v) is 4.26. The molecule has 0 unspecified atom stereocenters. The molecule has 0 aliphatic heterocycles. The summed E-state index contributed by atoms with van der Waals surface area (Å²) in [6.07, 6.45) is 4.61. The SMILES string of the molecule is CC(C)C[C@@H](NC/C=C/c1ccc(-c2cc(C(N)=O)c(NC(N)=O)s2)cc1)C(=O)OC(C)(C)C. The summed E-state index contributed by atoms with van der Waals surface area (Å²) in [5.74, 6) is -0.525. The Kier molecular flexibility index (Phi) is 9.40. The second kappa shape index (κ2) is 11.8. The zero-order chi connectivity index (χ0) is 25.5. The summed E-state index contributed by atoms with van der Waals surface area (Å²) in [5, 5.41) is 6.03. The third-order valence-corrected chi connectivity index (χ3v) is 5.72. The van der Waals surface area contributed by atoms with Crippen LogP contribution in [0.2, 0.25) is 0 Å². The standard InChI is InChI=1S/C25H34N4O4S/c1-15(2)13-19(23(31)33-25(3,4)5)28-12-6-7-16-8-10-17(11-9-16)20-14-18(21(26)30)22(34-20)29-24(27)32/h6-11,14-15,19,28H,12-13H2,1-5H3,(H2,26,30)(H3,27,29,32)/b7-6+/t19-/m1/s1. The maximum absolute atomic E-state index is 12.5. The van der Waals surface area contributed by atoms with Crippen LogP contribution < -0.4 is 22.1 Å². The van der Waals surface area contributed by atoms with Crippen LogP contribution in [-0.2, 0) is 9.53 Å². The van der Waals surface area contributed by atoms with Crippen molar-refractivity contribution in [3.63, 3.8) is 0 Å². The van der Waals surface area contributed by atoms with E-state index in [9.17, 15) is 14.4 Å². The lowest BCUT2D eigenvalue weighted by atomic mass is 10.0. The van der Waals surface area contributed by atoms with Gasteiger partial charge in [-0.15, -0.1) is 11.3 Å². The van der Waals surface area contributed by atoms with Gasteiger partial charge in [-0.05, 0) is 50.3 Å². The number of carbonyl (C=O) groups is 3. The van der Waals surface area contributed by atoms with Crippen LogP contribution in [0.25, 0.3) is 16.5 Å². The van der Waals surface area contributed by atoms with Crippen LogP contribution in [-0.4, -0.2) is 36.1 Å². The first kappa shape index (κ1) is 27.1. The van der Waals surface area contributed by atoms with Crippen LogP contribution in [0.4, 0.5) is 9.80 Å². The molecule has 34 heavy (non-hydrogen) atoms. The van der Waals surface area contributed by atoms with Crippen molar-refractivity contribution in [2.75, 3.05) is 11.9 Å². The summed E-state index contributed by atoms with van der Waals surface area (Å²) in [6.45, 7) is 10.3. The van der Waals surface area contributed by atoms with Gasteiger partial charge < -0.3 is 21.5 Å². The van der Waals surface area contributed by atoms with Gasteiger partial charge in [-0.2, -0.15) is 0 Å². The molecule has 2 aromatic rings. The Morgan fingerprint density at radius 3 is 2.29 bits per heavy atom. The highest BCUT2D eigenvalue weighted by Gasteiger charge is 2.25. The molecule has 6 N–H and O–H groups in total. The van der Waals surface area contributed by atoms with Crippen LogP contribution in [0.15, 0.2) is 36.4 Å². The third-order valence-electron chi connectivity index (χ3n) is 4.62. The number of ether oxygens (including phenoxy) is 1. The topological polar surface area (TPSA) is 137 Å². The zero-order valence-corrected chi connectivity index (χ0v) is 21.1. The number of primary amides is 2. The normalized spacial score (nSPS) is 12.6. The van der Waals surface area contributed by atoms with Crippen molar-refractivity contribution in [1.29, 1.82) is 0 Å². The average Bonchev–Trinajstić information content (AvgIpc) is 3.12. The molecule has 0 bridgehead atoms. The van der Waals surface area contributed by atoms with Crippen LogP contribution in [0.3, 0.4) is 0 Å². The van der Waals surface area contributed by atoms with E-state index >= 15 is 0 Å². The van der Waals surface area contributed by atoms with Gasteiger partial charge in [0.25, 0.3) is 5.91 Å². The minimum absolute atomic E-state index is 0.217. The molecule has 0 fully saturated rings. The second-order valence-electron chi connectivity index (χ2n) is 9.36. The van der Waals surface area contributed by atoms with E-state index < -0.39 is 17.5 Å². The number of esters is 1. The van der Waals surface area contributed by atoms with E-state index in [0.717, 1.165) is 16.0 Å². The smallest absolute Gasteiger partial charge is 0.323 e. The van der Waals surface area contributed by atoms with Gasteiger partial charge in [-0.1, -0.05) is 50.3 Å². The molecule has 1 aromatic heterocycles. The summed E-state index contributed by atoms with van der Waals surface area (Å²) in [4.78, 5) is 36.1. The van der Waals surface area contributed by atoms with Gasteiger partial charge >= 0.3 is 12.0 Å². The maximum Gasteiger partial charge on any atom is 0.323 e. The average molecular weight is 487 g/mol. The Morgan fingerprint density at radius 1 is 1.12 bits per heavy atom. The Hall–Kier alpha value is -3.17. The number of amides is 3. The first-order valence-electron chi connectivity index (χ1n) is 11.1. The first-order chi connectivity index (χ1) is 15.9. The molecule has 0 radical (unpaired) electrons. The number of nitrogens with one attached hydrogen (secondary N) is 2. The van der Waals surface area contributed by atoms with Gasteiger partial charge in [0, 0.05) is 11.4 Å². The second-order valence-corrected chi connectivity index (χ2v) is 10.4. The molecule has 9 heteroatoms. The minimum atomic E-state index is -0.757. The monoisotopic (exact) mass is 486 g/mol. The van der Waals surface area contributed by atoms with E-state index in [-0.39, 0.29) is 17.6 Å². The highest BCUT2D eigenvalue weighted by molar-refractivity contribution is 7.20. The van der Waals surface area contributed by atoms with Gasteiger partial charge in [-0.25, -0.2) is 4.79 Å². The van der Waals surface area contributed by atoms with Crippen molar-refractivity contribution in [2.24, 2.45) is 17.4 Å². The van der Waals surface area contributed by atoms with Crippen LogP contribution in [0, 0.1) is 5.92 Å². The fraction of sp³-hybridized carbons (Fsp3) is 0.400. The summed E-state index contributed by atoms with van der Waals surface area (Å²) in [6, 6.07) is 8.23. The molecule has 0 saturated carbocycles. The van der Waals surface area contributed by atoms with E-state index in [0.29, 0.717) is 23.9 Å².